The fourth-order valence-electron chi connectivity index (χ4n) is 7.15. The Hall–Kier alpha value is -4.90. The molecule has 3 aromatic heterocycles. The summed E-state index contributed by atoms with van der Waals surface area (Å²) in [6.45, 7) is -0.270. The number of amides is 1. The van der Waals surface area contributed by atoms with E-state index in [2.05, 4.69) is 34.3 Å². The zero-order valence-electron chi connectivity index (χ0n) is 30.3. The van der Waals surface area contributed by atoms with Crippen LogP contribution in [0, 0.1) is 17.6 Å². The maximum Gasteiger partial charge on any atom is 0.337 e. The molecular weight excluding hydrogens is 751 g/mol. The summed E-state index contributed by atoms with van der Waals surface area (Å²) in [6, 6.07) is 9.79. The van der Waals surface area contributed by atoms with Crippen LogP contribution in [-0.4, -0.2) is 74.7 Å². The number of pyridine rings is 1. The summed E-state index contributed by atoms with van der Waals surface area (Å²) in [5.74, 6) is -7.76. The van der Waals surface area contributed by atoms with Crippen LogP contribution in [0.4, 0.5) is 26.3 Å². The van der Waals surface area contributed by atoms with E-state index >= 15 is 8.78 Å². The number of rotatable bonds is 14. The van der Waals surface area contributed by atoms with Gasteiger partial charge in [-0.2, -0.15) is 19.0 Å². The number of carbonyl (C=O) groups is 2. The molecule has 1 saturated carbocycles. The normalized spacial score (nSPS) is 17.9. The molecule has 2 aliphatic carbocycles. The van der Waals surface area contributed by atoms with E-state index in [0.717, 1.165) is 17.9 Å². The number of benzene rings is 2. The van der Waals surface area contributed by atoms with Crippen LogP contribution in [0.1, 0.15) is 63.4 Å². The van der Waals surface area contributed by atoms with Crippen LogP contribution >= 0.6 is 10.0 Å². The summed E-state index contributed by atoms with van der Waals surface area (Å²) in [6.07, 6.45) is 4.69. The van der Waals surface area contributed by atoms with Crippen molar-refractivity contribution in [2.75, 3.05) is 38.2 Å². The zero-order valence-corrected chi connectivity index (χ0v) is 31.1. The Morgan fingerprint density at radius 2 is 1.78 bits per heavy atom. The molecule has 2 unspecified atom stereocenters. The zero-order chi connectivity index (χ0) is 39.4. The molecule has 1 fully saturated rings. The molecule has 10 nitrogen and oxygen atoms in total. The molecule has 1 N–H and O–H groups in total. The molecule has 292 valence electrons. The Balaban J connectivity index is 1.30. The number of nitrogens with zero attached hydrogens (tertiary/aromatic N) is 5. The Kier molecular flexibility index (Phi) is 10.2. The number of carbonyl (C=O) groups excluding carboxylic acids is 2. The van der Waals surface area contributed by atoms with Crippen LogP contribution in [0.5, 0.6) is 0 Å². The van der Waals surface area contributed by atoms with Gasteiger partial charge in [0.05, 0.1) is 42.7 Å². The highest BCUT2D eigenvalue weighted by Gasteiger charge is 2.67. The van der Waals surface area contributed by atoms with E-state index in [-0.39, 0.29) is 42.0 Å². The van der Waals surface area contributed by atoms with Gasteiger partial charge < -0.3 is 14.8 Å². The number of hydrogen-bond acceptors (Lipinski definition) is 7. The van der Waals surface area contributed by atoms with E-state index in [1.54, 1.807) is 35.0 Å². The second-order valence-corrected chi connectivity index (χ2v) is 19.2. The van der Waals surface area contributed by atoms with E-state index in [1.165, 1.54) is 13.3 Å². The molecule has 0 saturated heterocycles. The van der Waals surface area contributed by atoms with Crippen molar-refractivity contribution in [3.8, 4) is 11.1 Å². The van der Waals surface area contributed by atoms with Crippen LogP contribution in [0.25, 0.3) is 22.2 Å². The summed E-state index contributed by atoms with van der Waals surface area (Å²) < 4.78 is 101. The van der Waals surface area contributed by atoms with Crippen molar-refractivity contribution in [2.45, 2.75) is 50.4 Å². The van der Waals surface area contributed by atoms with Gasteiger partial charge in [0, 0.05) is 28.9 Å². The van der Waals surface area contributed by atoms with E-state index in [4.69, 9.17) is 14.5 Å². The van der Waals surface area contributed by atoms with Crippen LogP contribution < -0.4 is 5.32 Å². The third-order valence-corrected chi connectivity index (χ3v) is 11.2. The number of nitrogens with one attached hydrogen (secondary N) is 1. The number of hydrogen-bond donors (Lipinski definition) is 1. The maximum atomic E-state index is 15.3. The number of halogens is 6. The Labute approximate surface area is 313 Å². The molecular formula is C38H38F6N6O4S. The number of esters is 1. The lowest BCUT2D eigenvalue weighted by Gasteiger charge is -2.24. The first-order valence-corrected chi connectivity index (χ1v) is 20.4. The number of alkyl halides is 4. The fourth-order valence-corrected chi connectivity index (χ4v) is 7.76. The van der Waals surface area contributed by atoms with Crippen LogP contribution in [0.3, 0.4) is 0 Å². The van der Waals surface area contributed by atoms with Gasteiger partial charge in [-0.1, -0.05) is 12.1 Å². The predicted molar refractivity (Wildman–Crippen MR) is 193 cm³/mol. The molecule has 0 bridgehead atoms. The minimum absolute atomic E-state index is 0.0541. The van der Waals surface area contributed by atoms with Crippen molar-refractivity contribution in [1.82, 2.24) is 29.9 Å². The molecule has 2 aliphatic rings. The van der Waals surface area contributed by atoms with Gasteiger partial charge >= 0.3 is 5.97 Å². The molecule has 7 rings (SSSR count). The Morgan fingerprint density at radius 3 is 2.47 bits per heavy atom. The molecule has 0 aliphatic heterocycles. The van der Waals surface area contributed by atoms with E-state index in [1.807, 2.05) is 0 Å². The lowest BCUT2D eigenvalue weighted by atomic mass is 9.94. The minimum atomic E-state index is -3.46. The molecule has 3 heterocycles. The predicted octanol–water partition coefficient (Wildman–Crippen LogP) is 7.27. The highest BCUT2D eigenvalue weighted by atomic mass is 32.3. The molecule has 1 amide bonds. The highest BCUT2D eigenvalue weighted by molar-refractivity contribution is 8.32. The average Bonchev–Trinajstić information content (AvgIpc) is 3.60. The first-order valence-electron chi connectivity index (χ1n) is 17.3. The summed E-state index contributed by atoms with van der Waals surface area (Å²) in [5.41, 5.74) is 0.515. The Morgan fingerprint density at radius 1 is 1.04 bits per heavy atom. The minimum Gasteiger partial charge on any atom is -0.465 e. The first kappa shape index (κ1) is 38.4. The third kappa shape index (κ3) is 7.81. The molecule has 17 heteroatoms. The monoisotopic (exact) mass is 788 g/mol. The summed E-state index contributed by atoms with van der Waals surface area (Å²) in [4.78, 5) is 31.3. The van der Waals surface area contributed by atoms with E-state index in [9.17, 15) is 27.2 Å². The highest BCUT2D eigenvalue weighted by Crippen LogP contribution is 2.68. The van der Waals surface area contributed by atoms with Crippen LogP contribution in [0.2, 0.25) is 0 Å². The van der Waals surface area contributed by atoms with Crippen molar-refractivity contribution in [3.63, 3.8) is 0 Å². The van der Waals surface area contributed by atoms with Crippen molar-refractivity contribution < 1.29 is 45.4 Å². The lowest BCUT2D eigenvalue weighted by molar-refractivity contribution is -0.123. The standard InChI is InChI=1S/C38H38F6N6O4S/c1-53-37(52)22-7-5-6-21(13-22)25-16-30-29(17-45-50(30)19-54-8-9-55(2,3)4)47-33(25)28(12-20-10-23(39)14-24(40)11-20)46-31(51)18-49-35-32(34(48-49)36(41)42)26-15-27(26)38(35,43)44/h5-7,10-11,13-14,16-17,26-28,36H,8-9,12,15,18-19H2,1-4H3,(H,46,51)/t26?,27?,28-/m0/s1. The largest absolute Gasteiger partial charge is 0.465 e. The summed E-state index contributed by atoms with van der Waals surface area (Å²) >= 11 is 0. The van der Waals surface area contributed by atoms with Crippen LogP contribution in [-0.2, 0) is 39.9 Å². The molecule has 0 spiro atoms. The van der Waals surface area contributed by atoms with Gasteiger partial charge in [-0.15, -0.1) is 0 Å². The summed E-state index contributed by atoms with van der Waals surface area (Å²) in [7, 11) is 0.417. The molecule has 55 heavy (non-hydrogen) atoms. The second kappa shape index (κ2) is 14.6. The van der Waals surface area contributed by atoms with E-state index < -0.39 is 81.7 Å². The van der Waals surface area contributed by atoms with E-state index in [0.29, 0.717) is 39.5 Å². The molecule has 2 aromatic carbocycles. The lowest BCUT2D eigenvalue weighted by Crippen LogP contribution is -2.35. The van der Waals surface area contributed by atoms with Gasteiger partial charge in [-0.25, -0.2) is 42.1 Å². The quantitative estimate of drug-likeness (QED) is 0.0716. The second-order valence-electron chi connectivity index (χ2n) is 14.7. The van der Waals surface area contributed by atoms with Crippen molar-refractivity contribution in [1.29, 1.82) is 0 Å². The topological polar surface area (TPSA) is 113 Å². The van der Waals surface area contributed by atoms with Gasteiger partial charge in [-0.3, -0.25) is 9.48 Å². The number of methoxy groups -OCH3 is 1. The van der Waals surface area contributed by atoms with Gasteiger partial charge in [0.15, 0.2) is 0 Å². The number of fused-ring (bicyclic) bond motifs is 4. The van der Waals surface area contributed by atoms with Gasteiger partial charge in [0.2, 0.25) is 5.91 Å². The smallest absolute Gasteiger partial charge is 0.337 e. The molecule has 5 aromatic rings. The first-order chi connectivity index (χ1) is 26.0. The van der Waals surface area contributed by atoms with Crippen molar-refractivity contribution in [2.24, 2.45) is 5.92 Å². The number of aromatic nitrogens is 5. The molecule has 0 radical (unpaired) electrons. The van der Waals surface area contributed by atoms with Crippen molar-refractivity contribution >= 4 is 32.9 Å². The van der Waals surface area contributed by atoms with Gasteiger partial charge in [0.25, 0.3) is 12.3 Å². The molecule has 3 atom stereocenters. The third-order valence-electron chi connectivity index (χ3n) is 9.79. The van der Waals surface area contributed by atoms with Crippen LogP contribution in [0.15, 0.2) is 54.7 Å². The summed E-state index contributed by atoms with van der Waals surface area (Å²) in [5, 5.41) is 11.0. The van der Waals surface area contributed by atoms with Gasteiger partial charge in [-0.05, 0) is 79.0 Å². The Bertz CT molecular complexity index is 2270. The average molecular weight is 789 g/mol. The number of ether oxygens (including phenoxy) is 2. The fraction of sp³-hybridized carbons (Fsp3) is 0.395. The maximum absolute atomic E-state index is 15.3. The van der Waals surface area contributed by atoms with Crippen molar-refractivity contribution in [3.05, 3.63) is 100 Å². The SMILES string of the molecule is COC(=O)c1cccc(-c2cc3c(cnn3COCCS(C)(C)C)nc2[C@H](Cc2cc(F)cc(F)c2)NC(=O)Cn2nc(C(F)F)c3c2C(F)(F)C2CC32)c1. The van der Waals surface area contributed by atoms with Gasteiger partial charge in [0.1, 0.15) is 41.8 Å².